The van der Waals surface area contributed by atoms with E-state index < -0.39 is 11.6 Å². The third-order valence-corrected chi connectivity index (χ3v) is 9.14. The number of hydrogen-bond donors (Lipinski definition) is 3. The molecular weight excluding hydrogens is 550 g/mol. The van der Waals surface area contributed by atoms with E-state index in [9.17, 15) is 13.6 Å². The Labute approximate surface area is 242 Å². The Bertz CT molecular complexity index is 1430. The molecule has 218 valence electrons. The minimum Gasteiger partial charge on any atom is -0.312 e. The Morgan fingerprint density at radius 2 is 1.90 bits per heavy atom. The molecule has 1 aromatic carbocycles. The highest BCUT2D eigenvalue weighted by Gasteiger charge is 2.41. The Morgan fingerprint density at radius 3 is 2.71 bits per heavy atom. The van der Waals surface area contributed by atoms with Crippen LogP contribution in [0.5, 0.6) is 0 Å². The second kappa shape index (κ2) is 12.1. The van der Waals surface area contributed by atoms with Gasteiger partial charge in [0.2, 0.25) is 0 Å². The van der Waals surface area contributed by atoms with E-state index in [1.54, 1.807) is 4.57 Å². The Balaban J connectivity index is 1.29. The molecule has 5 heterocycles. The number of benzene rings is 1. The third-order valence-electron chi connectivity index (χ3n) is 8.85. The van der Waals surface area contributed by atoms with Crippen LogP contribution in [-0.4, -0.2) is 57.3 Å². The van der Waals surface area contributed by atoms with Gasteiger partial charge in [-0.15, -0.1) is 0 Å². The standard InChI is InChI=1S/C29H35ClF2N8O/c1-17-3-2-4-25(39-16-37-23(10-26(39)41)27-21(31)6-5-20(30)28(27)32)22-9-18(7-8-35-22)29-24(36-11-17)14-40(38-29)19-12-33-15-34-13-19/h5-6,10,12-13,15-18,22,24-25,29,35-36,38H,2-4,7-9,11,14H2,1H3/t17-,18?,22?,24?,25+,29?/m1/s1. The lowest BCUT2D eigenvalue weighted by atomic mass is 9.80. The van der Waals surface area contributed by atoms with Gasteiger partial charge in [-0.25, -0.2) is 29.2 Å². The molecule has 6 rings (SSSR count). The third kappa shape index (κ3) is 5.86. The smallest absolute Gasteiger partial charge is 0.254 e. The molecule has 3 saturated heterocycles. The molecule has 3 fully saturated rings. The zero-order chi connectivity index (χ0) is 28.5. The van der Waals surface area contributed by atoms with E-state index in [1.807, 2.05) is 12.4 Å². The highest BCUT2D eigenvalue weighted by Crippen LogP contribution is 2.34. The van der Waals surface area contributed by atoms with Gasteiger partial charge >= 0.3 is 0 Å². The molecule has 6 atom stereocenters. The first-order valence-electron chi connectivity index (χ1n) is 14.4. The van der Waals surface area contributed by atoms with E-state index in [1.165, 1.54) is 18.7 Å². The SMILES string of the molecule is C[C@@H]1CCC[C@H](n2cnc(-c3c(F)ccc(Cl)c3F)cc2=O)C2CC(CCN2)C2NN(c3cncnc3)CC2NC1. The molecule has 3 aliphatic rings. The second-order valence-corrected chi connectivity index (χ2v) is 12.0. The average molecular weight is 585 g/mol. The quantitative estimate of drug-likeness (QED) is 0.401. The van der Waals surface area contributed by atoms with Crippen molar-refractivity contribution in [2.75, 3.05) is 24.6 Å². The van der Waals surface area contributed by atoms with Crippen LogP contribution in [0, 0.1) is 23.5 Å². The van der Waals surface area contributed by atoms with E-state index >= 15 is 0 Å². The number of hydrogen-bond acceptors (Lipinski definition) is 8. The Hall–Kier alpha value is -2.99. The molecule has 9 nitrogen and oxygen atoms in total. The van der Waals surface area contributed by atoms with E-state index in [2.05, 4.69) is 42.9 Å². The molecular formula is C29H35ClF2N8O. The lowest BCUT2D eigenvalue weighted by Gasteiger charge is -2.40. The van der Waals surface area contributed by atoms with Crippen LogP contribution >= 0.6 is 11.6 Å². The number of piperidine rings is 1. The molecule has 2 bridgehead atoms. The zero-order valence-corrected chi connectivity index (χ0v) is 23.7. The van der Waals surface area contributed by atoms with Crippen LogP contribution in [0.15, 0.2) is 48.0 Å². The maximum Gasteiger partial charge on any atom is 0.254 e. The summed E-state index contributed by atoms with van der Waals surface area (Å²) in [6.45, 7) is 4.81. The minimum absolute atomic E-state index is 0.0463. The fourth-order valence-corrected chi connectivity index (χ4v) is 6.85. The van der Waals surface area contributed by atoms with Gasteiger partial charge in [0.05, 0.1) is 53.3 Å². The van der Waals surface area contributed by atoms with Crippen LogP contribution in [-0.2, 0) is 0 Å². The zero-order valence-electron chi connectivity index (χ0n) is 22.9. The van der Waals surface area contributed by atoms with Gasteiger partial charge in [0.15, 0.2) is 5.82 Å². The molecule has 4 unspecified atom stereocenters. The van der Waals surface area contributed by atoms with Gasteiger partial charge in [0.25, 0.3) is 5.56 Å². The first-order valence-corrected chi connectivity index (χ1v) is 14.7. The predicted octanol–water partition coefficient (Wildman–Crippen LogP) is 3.71. The van der Waals surface area contributed by atoms with Crippen molar-refractivity contribution in [3.63, 3.8) is 0 Å². The number of halogens is 3. The summed E-state index contributed by atoms with van der Waals surface area (Å²) in [6.07, 6.45) is 11.3. The summed E-state index contributed by atoms with van der Waals surface area (Å²) >= 11 is 5.89. The lowest BCUT2D eigenvalue weighted by Crippen LogP contribution is -2.54. The van der Waals surface area contributed by atoms with Gasteiger partial charge in [-0.2, -0.15) is 0 Å². The number of nitrogens with one attached hydrogen (secondary N) is 3. The summed E-state index contributed by atoms with van der Waals surface area (Å²) in [4.78, 5) is 26.2. The number of anilines is 1. The molecule has 3 N–H and O–H groups in total. The number of aromatic nitrogens is 4. The van der Waals surface area contributed by atoms with Gasteiger partial charge in [-0.05, 0) is 62.7 Å². The maximum absolute atomic E-state index is 14.7. The van der Waals surface area contributed by atoms with E-state index in [0.29, 0.717) is 11.8 Å². The number of rotatable bonds is 3. The molecule has 0 radical (unpaired) electrons. The Kier molecular flexibility index (Phi) is 8.30. The summed E-state index contributed by atoms with van der Waals surface area (Å²) in [5.41, 5.74) is 3.89. The van der Waals surface area contributed by atoms with Crippen LogP contribution in [0.2, 0.25) is 5.02 Å². The van der Waals surface area contributed by atoms with Crippen LogP contribution in [0.3, 0.4) is 0 Å². The van der Waals surface area contributed by atoms with Crippen molar-refractivity contribution < 1.29 is 8.78 Å². The summed E-state index contributed by atoms with van der Waals surface area (Å²) in [6, 6.07) is 3.82. The van der Waals surface area contributed by atoms with Gasteiger partial charge in [0, 0.05) is 24.2 Å². The van der Waals surface area contributed by atoms with Gasteiger partial charge in [-0.3, -0.25) is 9.36 Å². The second-order valence-electron chi connectivity index (χ2n) is 11.6. The summed E-state index contributed by atoms with van der Waals surface area (Å²) in [5.74, 6) is -0.903. The highest BCUT2D eigenvalue weighted by molar-refractivity contribution is 6.31. The first-order chi connectivity index (χ1) is 19.9. The van der Waals surface area contributed by atoms with Gasteiger partial charge in [0.1, 0.15) is 12.1 Å². The summed E-state index contributed by atoms with van der Waals surface area (Å²) < 4.78 is 30.9. The molecule has 0 aliphatic carbocycles. The Morgan fingerprint density at radius 1 is 1.07 bits per heavy atom. The largest absolute Gasteiger partial charge is 0.312 e. The molecule has 41 heavy (non-hydrogen) atoms. The van der Waals surface area contributed by atoms with Crippen molar-refractivity contribution in [3.05, 3.63) is 70.3 Å². The topological polar surface area (TPSA) is 100 Å². The molecule has 0 saturated carbocycles. The van der Waals surface area contributed by atoms with E-state index in [4.69, 9.17) is 11.6 Å². The van der Waals surface area contributed by atoms with E-state index in [-0.39, 0.29) is 46.0 Å². The van der Waals surface area contributed by atoms with Crippen molar-refractivity contribution >= 4 is 17.3 Å². The van der Waals surface area contributed by atoms with Crippen LogP contribution in [0.4, 0.5) is 14.5 Å². The maximum atomic E-state index is 14.7. The first kappa shape index (κ1) is 28.1. The fourth-order valence-electron chi connectivity index (χ4n) is 6.69. The molecule has 3 aliphatic heterocycles. The lowest BCUT2D eigenvalue weighted by molar-refractivity contribution is 0.177. The molecule has 2 aromatic heterocycles. The number of fused-ring (bicyclic) bond motifs is 4. The van der Waals surface area contributed by atoms with Crippen molar-refractivity contribution in [1.29, 1.82) is 0 Å². The van der Waals surface area contributed by atoms with Crippen molar-refractivity contribution in [1.82, 2.24) is 35.6 Å². The van der Waals surface area contributed by atoms with Crippen molar-refractivity contribution in [3.8, 4) is 11.3 Å². The monoisotopic (exact) mass is 584 g/mol. The highest BCUT2D eigenvalue weighted by atomic mass is 35.5. The average Bonchev–Trinajstić information content (AvgIpc) is 3.41. The normalized spacial score (nSPS) is 28.9. The summed E-state index contributed by atoms with van der Waals surface area (Å²) in [7, 11) is 0. The fraction of sp³-hybridized carbons (Fsp3) is 0.517. The van der Waals surface area contributed by atoms with E-state index in [0.717, 1.165) is 69.6 Å². The van der Waals surface area contributed by atoms with Gasteiger partial charge < -0.3 is 15.6 Å². The van der Waals surface area contributed by atoms with Crippen LogP contribution in [0.25, 0.3) is 11.3 Å². The summed E-state index contributed by atoms with van der Waals surface area (Å²) in [5, 5.41) is 9.44. The number of nitrogens with zero attached hydrogens (tertiary/aromatic N) is 5. The van der Waals surface area contributed by atoms with Crippen LogP contribution in [0.1, 0.15) is 45.1 Å². The van der Waals surface area contributed by atoms with Gasteiger partial charge in [-0.1, -0.05) is 24.9 Å². The predicted molar refractivity (Wildman–Crippen MR) is 154 cm³/mol. The molecule has 12 heteroatoms. The minimum atomic E-state index is -0.920. The number of hydrazine groups is 1. The van der Waals surface area contributed by atoms with Crippen LogP contribution < -0.4 is 26.6 Å². The molecule has 0 spiro atoms. The molecule has 3 aromatic rings. The van der Waals surface area contributed by atoms with Crippen molar-refractivity contribution in [2.24, 2.45) is 11.8 Å². The van der Waals surface area contributed by atoms with Crippen molar-refractivity contribution in [2.45, 2.75) is 63.2 Å². The molecule has 0 amide bonds.